The predicted octanol–water partition coefficient (Wildman–Crippen LogP) is 0.955. The van der Waals surface area contributed by atoms with Crippen molar-refractivity contribution in [2.24, 2.45) is 0 Å². The molecule has 1 unspecified atom stereocenters. The summed E-state index contributed by atoms with van der Waals surface area (Å²) in [4.78, 5) is 21.9. The fourth-order valence-corrected chi connectivity index (χ4v) is 3.01. The van der Waals surface area contributed by atoms with E-state index in [9.17, 15) is 14.3 Å². The van der Waals surface area contributed by atoms with E-state index in [0.717, 1.165) is 13.0 Å². The minimum atomic E-state index is -1.01. The Morgan fingerprint density at radius 2 is 2.32 bits per heavy atom. The van der Waals surface area contributed by atoms with Crippen molar-refractivity contribution in [3.8, 4) is 0 Å². The van der Waals surface area contributed by atoms with Crippen molar-refractivity contribution in [3.63, 3.8) is 0 Å². The highest BCUT2D eigenvalue weighted by Gasteiger charge is 2.34. The maximum Gasteiger partial charge on any atom is 0.221 e. The van der Waals surface area contributed by atoms with Crippen LogP contribution in [0.5, 0.6) is 0 Å². The largest absolute Gasteiger partial charge is 0.386 e. The van der Waals surface area contributed by atoms with Crippen LogP contribution < -0.4 is 10.2 Å². The normalized spacial score (nSPS) is 20.5. The first-order chi connectivity index (χ1) is 12.0. The number of hydrogen-bond acceptors (Lipinski definition) is 5. The minimum absolute atomic E-state index is 0.112. The predicted molar refractivity (Wildman–Crippen MR) is 90.4 cm³/mol. The second-order valence-corrected chi connectivity index (χ2v) is 6.41. The van der Waals surface area contributed by atoms with E-state index in [1.165, 1.54) is 12.3 Å². The number of aromatic nitrogens is 3. The van der Waals surface area contributed by atoms with E-state index < -0.39 is 5.60 Å². The van der Waals surface area contributed by atoms with Crippen molar-refractivity contribution >= 4 is 11.7 Å². The molecule has 3 heterocycles. The SMILES string of the molecule is O=C(CCn1ccnc1)NCC1(O)CCCN(c2ccc(F)cn2)C1. The molecule has 0 radical (unpaired) electrons. The molecule has 1 fully saturated rings. The zero-order valence-corrected chi connectivity index (χ0v) is 13.9. The van der Waals surface area contributed by atoms with Crippen LogP contribution in [0.2, 0.25) is 0 Å². The third-order valence-electron chi connectivity index (χ3n) is 4.36. The lowest BCUT2D eigenvalue weighted by Crippen LogP contribution is -2.54. The molecule has 7 nitrogen and oxygen atoms in total. The average Bonchev–Trinajstić information content (AvgIpc) is 3.12. The van der Waals surface area contributed by atoms with Crippen LogP contribution in [0.3, 0.4) is 0 Å². The van der Waals surface area contributed by atoms with Crippen LogP contribution in [0.25, 0.3) is 0 Å². The molecule has 0 bridgehead atoms. The molecule has 2 N–H and O–H groups in total. The molecule has 8 heteroatoms. The Labute approximate surface area is 145 Å². The molecule has 2 aromatic heterocycles. The van der Waals surface area contributed by atoms with Gasteiger partial charge in [-0.2, -0.15) is 0 Å². The quantitative estimate of drug-likeness (QED) is 0.813. The van der Waals surface area contributed by atoms with E-state index >= 15 is 0 Å². The Morgan fingerprint density at radius 3 is 3.04 bits per heavy atom. The topological polar surface area (TPSA) is 83.3 Å². The number of rotatable bonds is 6. The van der Waals surface area contributed by atoms with Crippen molar-refractivity contribution in [3.05, 3.63) is 42.9 Å². The molecule has 1 atom stereocenters. The van der Waals surface area contributed by atoms with E-state index in [2.05, 4.69) is 15.3 Å². The molecule has 2 aromatic rings. The van der Waals surface area contributed by atoms with Crippen molar-refractivity contribution < 1.29 is 14.3 Å². The molecule has 1 saturated heterocycles. The molecular formula is C17H22FN5O2. The number of hydrogen-bond donors (Lipinski definition) is 2. The number of piperidine rings is 1. The lowest BCUT2D eigenvalue weighted by Gasteiger charge is -2.39. The van der Waals surface area contributed by atoms with Gasteiger partial charge in [0.25, 0.3) is 0 Å². The Kier molecular flexibility index (Phi) is 5.28. The van der Waals surface area contributed by atoms with Crippen molar-refractivity contribution in [2.45, 2.75) is 31.4 Å². The number of imidazole rings is 1. The van der Waals surface area contributed by atoms with E-state index in [1.54, 1.807) is 24.8 Å². The van der Waals surface area contributed by atoms with Gasteiger partial charge in [-0.25, -0.2) is 14.4 Å². The van der Waals surface area contributed by atoms with Gasteiger partial charge in [-0.15, -0.1) is 0 Å². The summed E-state index contributed by atoms with van der Waals surface area (Å²) in [5, 5.41) is 13.6. The first-order valence-electron chi connectivity index (χ1n) is 8.35. The zero-order chi connectivity index (χ0) is 17.7. The molecule has 0 aromatic carbocycles. The number of pyridine rings is 1. The molecule has 3 rings (SSSR count). The highest BCUT2D eigenvalue weighted by atomic mass is 19.1. The van der Waals surface area contributed by atoms with Gasteiger partial charge < -0.3 is 19.9 Å². The number of anilines is 1. The molecule has 134 valence electrons. The van der Waals surface area contributed by atoms with Crippen LogP contribution >= 0.6 is 0 Å². The number of β-amino-alcohol motifs (C(OH)–C–C–N with tert-alkyl or cyclic N) is 1. The molecule has 1 amide bonds. The summed E-state index contributed by atoms with van der Waals surface area (Å²) in [5.41, 5.74) is -1.01. The summed E-state index contributed by atoms with van der Waals surface area (Å²) in [6.45, 7) is 1.84. The van der Waals surface area contributed by atoms with E-state index in [-0.39, 0.29) is 18.3 Å². The van der Waals surface area contributed by atoms with Gasteiger partial charge in [-0.1, -0.05) is 0 Å². The van der Waals surface area contributed by atoms with Crippen LogP contribution in [0, 0.1) is 5.82 Å². The number of amides is 1. The maximum atomic E-state index is 13.0. The van der Waals surface area contributed by atoms with Crippen LogP contribution in [-0.4, -0.2) is 50.8 Å². The highest BCUT2D eigenvalue weighted by molar-refractivity contribution is 5.75. The van der Waals surface area contributed by atoms with Gasteiger partial charge in [0.15, 0.2) is 0 Å². The van der Waals surface area contributed by atoms with E-state index in [4.69, 9.17) is 0 Å². The fraction of sp³-hybridized carbons (Fsp3) is 0.471. The highest BCUT2D eigenvalue weighted by Crippen LogP contribution is 2.24. The van der Waals surface area contributed by atoms with Gasteiger partial charge in [0, 0.05) is 45.0 Å². The summed E-state index contributed by atoms with van der Waals surface area (Å²) < 4.78 is 14.8. The first-order valence-corrected chi connectivity index (χ1v) is 8.35. The second-order valence-electron chi connectivity index (χ2n) is 6.41. The number of aliphatic hydroxyl groups is 1. The molecule has 0 spiro atoms. The molecule has 1 aliphatic heterocycles. The molecule has 0 aliphatic carbocycles. The standard InChI is InChI=1S/C17H22FN5O2/c18-14-2-3-15(20-10-14)23-7-1-5-17(25,12-23)11-21-16(24)4-8-22-9-6-19-13-22/h2-3,6,9-10,13,25H,1,4-5,7-8,11-12H2,(H,21,24). The second kappa shape index (κ2) is 7.60. The number of carbonyl (C=O) groups excluding carboxylic acids is 1. The number of carbonyl (C=O) groups is 1. The van der Waals surface area contributed by atoms with Gasteiger partial charge in [0.1, 0.15) is 11.6 Å². The van der Waals surface area contributed by atoms with Crippen LogP contribution in [-0.2, 0) is 11.3 Å². The van der Waals surface area contributed by atoms with Gasteiger partial charge in [0.2, 0.25) is 5.91 Å². The van der Waals surface area contributed by atoms with Crippen molar-refractivity contribution in [1.29, 1.82) is 0 Å². The smallest absolute Gasteiger partial charge is 0.221 e. The zero-order valence-electron chi connectivity index (χ0n) is 13.9. The number of aryl methyl sites for hydroxylation is 1. The first kappa shape index (κ1) is 17.3. The number of nitrogens with zero attached hydrogens (tertiary/aromatic N) is 4. The molecule has 1 aliphatic rings. The summed E-state index contributed by atoms with van der Waals surface area (Å²) in [7, 11) is 0. The minimum Gasteiger partial charge on any atom is -0.386 e. The Bertz CT molecular complexity index is 692. The van der Waals surface area contributed by atoms with Gasteiger partial charge in [0.05, 0.1) is 18.1 Å². The Hall–Kier alpha value is -2.48. The number of nitrogens with one attached hydrogen (secondary N) is 1. The Morgan fingerprint density at radius 1 is 1.44 bits per heavy atom. The number of halogens is 1. The van der Waals surface area contributed by atoms with Crippen molar-refractivity contribution in [2.75, 3.05) is 24.5 Å². The monoisotopic (exact) mass is 347 g/mol. The molecule has 0 saturated carbocycles. The third-order valence-corrected chi connectivity index (χ3v) is 4.36. The lowest BCUT2D eigenvalue weighted by molar-refractivity contribution is -0.122. The van der Waals surface area contributed by atoms with E-state index in [0.29, 0.717) is 31.7 Å². The lowest BCUT2D eigenvalue weighted by atomic mass is 9.92. The summed E-state index contributed by atoms with van der Waals surface area (Å²) in [5.74, 6) is 0.131. The van der Waals surface area contributed by atoms with Gasteiger partial charge in [-0.05, 0) is 25.0 Å². The third kappa shape index (κ3) is 4.76. The maximum absolute atomic E-state index is 13.0. The summed E-state index contributed by atoms with van der Waals surface area (Å²) >= 11 is 0. The van der Waals surface area contributed by atoms with Crippen LogP contribution in [0.15, 0.2) is 37.1 Å². The molecular weight excluding hydrogens is 325 g/mol. The fourth-order valence-electron chi connectivity index (χ4n) is 3.01. The summed E-state index contributed by atoms with van der Waals surface area (Å²) in [6.07, 6.45) is 8.01. The summed E-state index contributed by atoms with van der Waals surface area (Å²) in [6, 6.07) is 2.96. The van der Waals surface area contributed by atoms with E-state index in [1.807, 2.05) is 9.47 Å². The average molecular weight is 347 g/mol. The molecule has 25 heavy (non-hydrogen) atoms. The van der Waals surface area contributed by atoms with Crippen LogP contribution in [0.4, 0.5) is 10.2 Å². The van der Waals surface area contributed by atoms with Gasteiger partial charge in [-0.3, -0.25) is 4.79 Å². The van der Waals surface area contributed by atoms with Crippen molar-refractivity contribution in [1.82, 2.24) is 19.9 Å². The van der Waals surface area contributed by atoms with Gasteiger partial charge >= 0.3 is 0 Å². The van der Waals surface area contributed by atoms with Crippen LogP contribution in [0.1, 0.15) is 19.3 Å². The Balaban J connectivity index is 1.50.